The molecular formula is C50H63N5O9S2. The molecule has 66 heavy (non-hydrogen) atoms. The van der Waals surface area contributed by atoms with Crippen LogP contribution in [0.15, 0.2) is 60.5 Å². The van der Waals surface area contributed by atoms with E-state index in [1.165, 1.54) is 11.3 Å². The molecule has 3 heterocycles. The van der Waals surface area contributed by atoms with Gasteiger partial charge in [0.05, 0.1) is 42.1 Å². The van der Waals surface area contributed by atoms with Gasteiger partial charge in [-0.3, -0.25) is 19.2 Å². The summed E-state index contributed by atoms with van der Waals surface area (Å²) < 4.78 is 45.6. The molecule has 354 valence electrons. The first-order valence-electron chi connectivity index (χ1n) is 22.9. The molecule has 2 amide bonds. The van der Waals surface area contributed by atoms with Crippen LogP contribution < -0.4 is 19.0 Å². The van der Waals surface area contributed by atoms with Gasteiger partial charge < -0.3 is 23.9 Å². The van der Waals surface area contributed by atoms with Crippen LogP contribution in [0.4, 0.5) is 5.13 Å². The second-order valence-electron chi connectivity index (χ2n) is 19.8. The van der Waals surface area contributed by atoms with Gasteiger partial charge in [-0.2, -0.15) is 8.42 Å². The normalized spacial score (nSPS) is 21.4. The Morgan fingerprint density at radius 3 is 2.38 bits per heavy atom. The molecule has 1 aliphatic heterocycles. The maximum Gasteiger partial charge on any atom is 0.409 e. The van der Waals surface area contributed by atoms with Gasteiger partial charge >= 0.3 is 16.3 Å². The predicted molar refractivity (Wildman–Crippen MR) is 255 cm³/mol. The molecule has 7 rings (SSSR count). The van der Waals surface area contributed by atoms with Crippen LogP contribution in [-0.4, -0.2) is 78.7 Å². The van der Waals surface area contributed by atoms with Gasteiger partial charge in [-0.25, -0.2) is 14.7 Å². The largest absolute Gasteiger partial charge is 0.497 e. The lowest BCUT2D eigenvalue weighted by Crippen LogP contribution is -2.48. The number of fused-ring (bicyclic) bond motifs is 1. The van der Waals surface area contributed by atoms with E-state index in [4.69, 9.17) is 23.6 Å². The number of amides is 2. The zero-order valence-corrected chi connectivity index (χ0v) is 40.9. The second-order valence-corrected chi connectivity index (χ2v) is 21.9. The zero-order valence-electron chi connectivity index (χ0n) is 39.3. The number of hydrogen-bond acceptors (Lipinski definition) is 13. The van der Waals surface area contributed by atoms with E-state index in [2.05, 4.69) is 16.6 Å². The quantitative estimate of drug-likeness (QED) is 0.0716. The highest BCUT2D eigenvalue weighted by Gasteiger charge is 2.61. The summed E-state index contributed by atoms with van der Waals surface area (Å²) in [4.78, 5) is 69.0. The van der Waals surface area contributed by atoms with Gasteiger partial charge in [0.1, 0.15) is 23.3 Å². The molecule has 3 fully saturated rings. The van der Waals surface area contributed by atoms with Gasteiger partial charge in [0.15, 0.2) is 10.9 Å². The number of anilines is 1. The summed E-state index contributed by atoms with van der Waals surface area (Å²) in [5.41, 5.74) is 2.05. The second kappa shape index (κ2) is 19.5. The third-order valence-corrected chi connectivity index (χ3v) is 14.9. The number of Topliss-reactive ketones (excluding diaryl/α,β-unsaturated/α-hetero) is 1. The average Bonchev–Trinajstić information content (AvgIpc) is 3.66. The molecule has 5 atom stereocenters. The van der Waals surface area contributed by atoms with Crippen LogP contribution in [0.3, 0.4) is 0 Å². The summed E-state index contributed by atoms with van der Waals surface area (Å²) in [7, 11) is -3.05. The van der Waals surface area contributed by atoms with Crippen molar-refractivity contribution >= 4 is 61.2 Å². The minimum absolute atomic E-state index is 0.110. The number of para-hydroxylation sites is 1. The Morgan fingerprint density at radius 1 is 1.03 bits per heavy atom. The lowest BCUT2D eigenvalue weighted by atomic mass is 9.77. The molecule has 2 aromatic heterocycles. The van der Waals surface area contributed by atoms with Crippen molar-refractivity contribution in [1.29, 1.82) is 0 Å². The van der Waals surface area contributed by atoms with Crippen LogP contribution in [0.5, 0.6) is 11.5 Å². The number of nitrogens with one attached hydrogen (secondary N) is 2. The van der Waals surface area contributed by atoms with E-state index >= 15 is 4.79 Å². The van der Waals surface area contributed by atoms with Crippen molar-refractivity contribution in [2.75, 3.05) is 19.0 Å². The topological polar surface area (TPSA) is 183 Å². The highest BCUT2D eigenvalue weighted by atomic mass is 32.2. The van der Waals surface area contributed by atoms with Crippen LogP contribution in [0.1, 0.15) is 103 Å². The SMILES string of the molecule is C=C[C@@H]1C[C@]1(CC(=O)[C@@H]1C[C@@H](Cc2cc(-c3csc(NC(C)C)n3)nc3cc(OC)ccc23)CN1C(=O)[C@@H](CC(=O)OC1CCCC1)C(C)(C)C)C(=O)NS(=O)(=O)Oc1c(C)cccc1C. The monoisotopic (exact) mass is 941 g/mol. The van der Waals surface area contributed by atoms with Crippen LogP contribution in [0.2, 0.25) is 0 Å². The first-order valence-corrected chi connectivity index (χ1v) is 25.2. The maximum atomic E-state index is 15.1. The Bertz CT molecular complexity index is 2590. The van der Waals surface area contributed by atoms with Crippen LogP contribution >= 0.6 is 11.3 Å². The molecule has 1 saturated heterocycles. The molecule has 3 aliphatic rings. The van der Waals surface area contributed by atoms with E-state index in [-0.39, 0.29) is 67.7 Å². The van der Waals surface area contributed by atoms with E-state index in [9.17, 15) is 22.8 Å². The fraction of sp³-hybridized carbons (Fsp3) is 0.520. The Morgan fingerprint density at radius 2 is 1.74 bits per heavy atom. The smallest absolute Gasteiger partial charge is 0.409 e. The number of allylic oxidation sites excluding steroid dienone is 1. The fourth-order valence-electron chi connectivity index (χ4n) is 9.61. The number of pyridine rings is 1. The van der Waals surface area contributed by atoms with E-state index < -0.39 is 50.9 Å². The van der Waals surface area contributed by atoms with Crippen molar-refractivity contribution in [1.82, 2.24) is 19.6 Å². The van der Waals surface area contributed by atoms with Crippen LogP contribution in [0.25, 0.3) is 22.3 Å². The van der Waals surface area contributed by atoms with Crippen molar-refractivity contribution in [3.8, 4) is 22.9 Å². The lowest BCUT2D eigenvalue weighted by Gasteiger charge is -2.35. The number of ketones is 1. The molecule has 2 saturated carbocycles. The summed E-state index contributed by atoms with van der Waals surface area (Å²) in [6.45, 7) is 17.3. The summed E-state index contributed by atoms with van der Waals surface area (Å²) in [6, 6.07) is 12.1. The average molecular weight is 942 g/mol. The summed E-state index contributed by atoms with van der Waals surface area (Å²) in [6.07, 6.45) is 5.38. The number of hydrogen-bond donors (Lipinski definition) is 2. The number of esters is 1. The number of aromatic nitrogens is 2. The van der Waals surface area contributed by atoms with Gasteiger partial charge in [0.25, 0.3) is 0 Å². The number of rotatable bonds is 18. The first-order chi connectivity index (χ1) is 31.2. The number of methoxy groups -OCH3 is 1. The van der Waals surface area contributed by atoms with Crippen molar-refractivity contribution in [3.63, 3.8) is 0 Å². The number of carbonyl (C=O) groups is 4. The molecular weight excluding hydrogens is 879 g/mol. The summed E-state index contributed by atoms with van der Waals surface area (Å²) in [5, 5.41) is 6.97. The molecule has 0 spiro atoms. The highest BCUT2D eigenvalue weighted by Crippen LogP contribution is 2.57. The number of thiazole rings is 1. The zero-order chi connectivity index (χ0) is 47.7. The molecule has 2 aromatic carbocycles. The van der Waals surface area contributed by atoms with Gasteiger partial charge in [-0.05, 0) is 125 Å². The molecule has 16 heteroatoms. The third kappa shape index (κ3) is 10.9. The number of ether oxygens (including phenoxy) is 2. The highest BCUT2D eigenvalue weighted by molar-refractivity contribution is 7.85. The molecule has 14 nitrogen and oxygen atoms in total. The molecule has 2 N–H and O–H groups in total. The van der Waals surface area contributed by atoms with Crippen LogP contribution in [0, 0.1) is 42.4 Å². The van der Waals surface area contributed by atoms with Gasteiger partial charge in [0, 0.05) is 35.8 Å². The number of carbonyl (C=O) groups excluding carboxylic acids is 4. The third-order valence-electron chi connectivity index (χ3n) is 13.3. The minimum Gasteiger partial charge on any atom is -0.497 e. The molecule has 0 unspecified atom stereocenters. The van der Waals surface area contributed by atoms with Crippen molar-refractivity contribution in [2.24, 2.45) is 28.6 Å². The molecule has 0 radical (unpaired) electrons. The van der Waals surface area contributed by atoms with Crippen LogP contribution in [-0.2, 0) is 40.6 Å². The summed E-state index contributed by atoms with van der Waals surface area (Å²) in [5.74, 6) is -2.82. The molecule has 4 aromatic rings. The van der Waals surface area contributed by atoms with E-state index in [0.29, 0.717) is 40.2 Å². The maximum absolute atomic E-state index is 15.1. The minimum atomic E-state index is -4.65. The standard InChI is InChI=1S/C50H63N5O9S2/c1-10-34-25-50(34,47(59)54-66(60,61)64-45-30(4)14-13-15-31(45)5)26-43(56)42-21-32(27-55(42)46(58)38(49(6,7)8)24-44(57)63-35-16-11-12-17-35)20-33-22-40(41-28-65-48(53-41)51-29(2)3)52-39-23-36(62-9)18-19-37(33)39/h10,13-15,18-19,22-23,28-29,32,34-35,38,42H,1,11-12,16-17,20-21,24-27H2,2-9H3,(H,51,53)(H,54,59)/t32-,34-,38-,42+,50-/m1/s1. The predicted octanol–water partition coefficient (Wildman–Crippen LogP) is 8.69. The van der Waals surface area contributed by atoms with Gasteiger partial charge in [-0.1, -0.05) is 45.0 Å². The Kier molecular flexibility index (Phi) is 14.3. The number of likely N-dealkylation sites (tertiary alicyclic amines) is 1. The molecule has 0 bridgehead atoms. The Hall–Kier alpha value is -5.35. The number of nitrogens with zero attached hydrogens (tertiary/aromatic N) is 3. The lowest BCUT2D eigenvalue weighted by molar-refractivity contribution is -0.156. The number of aryl methyl sites for hydroxylation is 2. The van der Waals surface area contributed by atoms with E-state index in [1.54, 1.807) is 50.1 Å². The first kappa shape index (κ1) is 48.6. The van der Waals surface area contributed by atoms with E-state index in [1.807, 2.05) is 64.3 Å². The van der Waals surface area contributed by atoms with Gasteiger partial charge in [0.2, 0.25) is 11.8 Å². The summed E-state index contributed by atoms with van der Waals surface area (Å²) >= 11 is 1.49. The Balaban J connectivity index is 1.20. The fourth-order valence-corrected chi connectivity index (χ4v) is 11.4. The number of benzene rings is 2. The van der Waals surface area contributed by atoms with E-state index in [0.717, 1.165) is 41.8 Å². The molecule has 2 aliphatic carbocycles. The van der Waals surface area contributed by atoms with Crippen molar-refractivity contribution in [3.05, 3.63) is 77.2 Å². The van der Waals surface area contributed by atoms with Crippen molar-refractivity contribution in [2.45, 2.75) is 124 Å². The van der Waals surface area contributed by atoms with Crippen molar-refractivity contribution < 1.29 is 41.3 Å². The van der Waals surface area contributed by atoms with Gasteiger partial charge in [-0.15, -0.1) is 17.9 Å². The Labute approximate surface area is 392 Å².